The number of nitrogens with zero attached hydrogens (tertiary/aromatic N) is 1. The highest BCUT2D eigenvalue weighted by Gasteiger charge is 2.24. The molecular weight excluding hydrogens is 582 g/mol. The van der Waals surface area contributed by atoms with Crippen molar-refractivity contribution >= 4 is 30.3 Å². The summed E-state index contributed by atoms with van der Waals surface area (Å²) in [6, 6.07) is 16.2. The van der Waals surface area contributed by atoms with Crippen molar-refractivity contribution in [3.05, 3.63) is 89.7 Å². The third-order valence-corrected chi connectivity index (χ3v) is 6.42. The molecule has 2 aromatic carbocycles. The van der Waals surface area contributed by atoms with Crippen LogP contribution < -0.4 is 4.74 Å². The van der Waals surface area contributed by atoms with E-state index in [2.05, 4.69) is 49.5 Å². The lowest BCUT2D eigenvalue weighted by molar-refractivity contribution is -0.140. The van der Waals surface area contributed by atoms with E-state index in [1.54, 1.807) is 26.0 Å². The molecule has 11 heteroatoms. The van der Waals surface area contributed by atoms with Crippen LogP contribution in [0, 0.1) is 5.92 Å². The van der Waals surface area contributed by atoms with Crippen LogP contribution in [0.2, 0.25) is 0 Å². The van der Waals surface area contributed by atoms with E-state index in [-0.39, 0.29) is 30.9 Å². The fraction of sp³-hybridized carbons (Fsp3) is 0.382. The van der Waals surface area contributed by atoms with Gasteiger partial charge in [-0.3, -0.25) is 14.5 Å². The Morgan fingerprint density at radius 1 is 0.844 bits per heavy atom. The second kappa shape index (κ2) is 20.2. The molecule has 0 aliphatic carbocycles. The first-order valence-electron chi connectivity index (χ1n) is 14.5. The summed E-state index contributed by atoms with van der Waals surface area (Å²) in [7, 11) is 0. The van der Waals surface area contributed by atoms with Gasteiger partial charge in [-0.25, -0.2) is 14.4 Å². The van der Waals surface area contributed by atoms with E-state index in [4.69, 9.17) is 19.7 Å². The molecule has 1 unspecified atom stereocenters. The monoisotopic (exact) mass is 625 g/mol. The van der Waals surface area contributed by atoms with Crippen molar-refractivity contribution in [2.24, 2.45) is 5.92 Å². The number of aliphatic carboxylic acids is 2. The summed E-state index contributed by atoms with van der Waals surface area (Å²) in [5, 5.41) is 16.6. The molecule has 0 heterocycles. The second-order valence-corrected chi connectivity index (χ2v) is 10.8. The van der Waals surface area contributed by atoms with Crippen molar-refractivity contribution in [3.8, 4) is 5.75 Å². The molecule has 2 rings (SSSR count). The maximum absolute atomic E-state index is 12.5. The number of carboxylic acids is 2. The molecule has 0 fully saturated rings. The van der Waals surface area contributed by atoms with Crippen LogP contribution in [-0.2, 0) is 40.1 Å². The molecule has 244 valence electrons. The van der Waals surface area contributed by atoms with Crippen molar-refractivity contribution in [1.29, 1.82) is 0 Å². The zero-order valence-corrected chi connectivity index (χ0v) is 26.5. The van der Waals surface area contributed by atoms with E-state index in [0.717, 1.165) is 42.5 Å². The van der Waals surface area contributed by atoms with Crippen LogP contribution in [-0.4, -0.2) is 64.1 Å². The Kier molecular flexibility index (Phi) is 17.2. The average molecular weight is 626 g/mol. The number of benzene rings is 2. The van der Waals surface area contributed by atoms with Gasteiger partial charge in [-0.05, 0) is 63.9 Å². The first-order valence-corrected chi connectivity index (χ1v) is 14.5. The van der Waals surface area contributed by atoms with Crippen LogP contribution >= 0.6 is 0 Å². The Hall–Kier alpha value is -4.77. The number of esters is 2. The zero-order valence-electron chi connectivity index (χ0n) is 26.5. The van der Waals surface area contributed by atoms with Gasteiger partial charge in [0.2, 0.25) is 0 Å². The van der Waals surface area contributed by atoms with Crippen LogP contribution in [0.4, 0.5) is 0 Å². The number of carbonyl (C=O) groups excluding carboxylic acids is 3. The standard InChI is InChI=1S/C30H39NO6.C4H4O4/c1-20(2)30(35)37-27-13-12-23(19-36-29(34)15-14-28(32)33)18-26(27)25(24-10-8-7-9-11-24)16-17-31(21(3)4)22(5)6;5-3-8-2-1-4(6)7/h7-15,18,20-22,25H,16-17,19H2,1-6H3,(H,32,33);1-3H,(H,6,7)/b15-14+;2-1+. The second-order valence-electron chi connectivity index (χ2n) is 10.8. The SMILES string of the molecule is CC(C)C(=O)Oc1ccc(COC(=O)/C=C/C(=O)O)cc1C(CCN(C(C)C)C(C)C)c1ccccc1.O=CO/C=C/C(=O)O. The molecule has 2 aromatic rings. The lowest BCUT2D eigenvalue weighted by atomic mass is 9.86. The first-order chi connectivity index (χ1) is 21.3. The molecule has 0 saturated heterocycles. The molecule has 0 amide bonds. The summed E-state index contributed by atoms with van der Waals surface area (Å²) in [5.74, 6) is -3.32. The Morgan fingerprint density at radius 3 is 2.00 bits per heavy atom. The molecule has 11 nitrogen and oxygen atoms in total. The van der Waals surface area contributed by atoms with Gasteiger partial charge in [-0.15, -0.1) is 0 Å². The summed E-state index contributed by atoms with van der Waals surface area (Å²) in [4.78, 5) is 56.4. The number of hydrogen-bond donors (Lipinski definition) is 2. The predicted octanol–water partition coefficient (Wildman–Crippen LogP) is 5.33. The van der Waals surface area contributed by atoms with Crippen molar-refractivity contribution < 1.29 is 48.4 Å². The number of carbonyl (C=O) groups is 5. The van der Waals surface area contributed by atoms with Crippen molar-refractivity contribution in [2.45, 2.75) is 72.6 Å². The van der Waals surface area contributed by atoms with Gasteiger partial charge < -0.3 is 24.4 Å². The first kappa shape index (κ1) is 38.3. The fourth-order valence-corrected chi connectivity index (χ4v) is 4.33. The van der Waals surface area contributed by atoms with Gasteiger partial charge in [0.15, 0.2) is 0 Å². The van der Waals surface area contributed by atoms with E-state index in [1.807, 2.05) is 24.3 Å². The number of rotatable bonds is 16. The molecule has 0 aliphatic rings. The topological polar surface area (TPSA) is 157 Å². The van der Waals surface area contributed by atoms with Crippen LogP contribution in [0.3, 0.4) is 0 Å². The van der Waals surface area contributed by atoms with Gasteiger partial charge in [0.1, 0.15) is 18.6 Å². The Labute approximate surface area is 264 Å². The molecule has 0 bridgehead atoms. The summed E-state index contributed by atoms with van der Waals surface area (Å²) >= 11 is 0. The molecule has 0 aliphatic heterocycles. The van der Waals surface area contributed by atoms with Gasteiger partial charge >= 0.3 is 23.9 Å². The molecular formula is C34H43NO10. The number of ether oxygens (including phenoxy) is 3. The minimum Gasteiger partial charge on any atom is -0.478 e. The molecule has 0 radical (unpaired) electrons. The maximum atomic E-state index is 12.5. The minimum absolute atomic E-state index is 0.0418. The van der Waals surface area contributed by atoms with Crippen molar-refractivity contribution in [2.75, 3.05) is 6.54 Å². The van der Waals surface area contributed by atoms with Gasteiger partial charge in [0, 0.05) is 35.7 Å². The highest BCUT2D eigenvalue weighted by atomic mass is 16.5. The minimum atomic E-state index is -1.22. The maximum Gasteiger partial charge on any atom is 0.331 e. The molecule has 0 saturated carbocycles. The highest BCUT2D eigenvalue weighted by Crippen LogP contribution is 2.36. The Morgan fingerprint density at radius 2 is 1.47 bits per heavy atom. The summed E-state index contributed by atoms with van der Waals surface area (Å²) < 4.78 is 15.0. The predicted molar refractivity (Wildman–Crippen MR) is 167 cm³/mol. The normalized spacial score (nSPS) is 11.9. The molecule has 0 aromatic heterocycles. The lowest BCUT2D eigenvalue weighted by Crippen LogP contribution is -2.38. The largest absolute Gasteiger partial charge is 0.478 e. The smallest absolute Gasteiger partial charge is 0.331 e. The summed E-state index contributed by atoms with van der Waals surface area (Å²) in [5.41, 5.74) is 2.64. The van der Waals surface area contributed by atoms with Crippen LogP contribution in [0.5, 0.6) is 5.75 Å². The van der Waals surface area contributed by atoms with Crippen LogP contribution in [0.15, 0.2) is 73.0 Å². The van der Waals surface area contributed by atoms with Crippen LogP contribution in [0.1, 0.15) is 70.6 Å². The molecule has 0 spiro atoms. The third kappa shape index (κ3) is 15.0. The van der Waals surface area contributed by atoms with E-state index in [0.29, 0.717) is 29.5 Å². The number of hydrogen-bond acceptors (Lipinski definition) is 9. The lowest BCUT2D eigenvalue weighted by Gasteiger charge is -2.32. The quantitative estimate of drug-likeness (QED) is 0.0817. The Bertz CT molecular complexity index is 1310. The zero-order chi connectivity index (χ0) is 33.9. The third-order valence-electron chi connectivity index (χ3n) is 6.42. The van der Waals surface area contributed by atoms with Gasteiger partial charge in [0.05, 0.1) is 12.0 Å². The summed E-state index contributed by atoms with van der Waals surface area (Å²) in [6.07, 6.45) is 3.91. The Balaban J connectivity index is 0.00000111. The molecule has 45 heavy (non-hydrogen) atoms. The van der Waals surface area contributed by atoms with Gasteiger partial charge in [-0.1, -0.05) is 50.2 Å². The van der Waals surface area contributed by atoms with Crippen LogP contribution in [0.25, 0.3) is 0 Å². The van der Waals surface area contributed by atoms with E-state index >= 15 is 0 Å². The van der Waals surface area contributed by atoms with Crippen molar-refractivity contribution in [3.63, 3.8) is 0 Å². The number of carboxylic acid groups (broad SMARTS) is 2. The van der Waals surface area contributed by atoms with E-state index in [1.165, 1.54) is 0 Å². The highest BCUT2D eigenvalue weighted by molar-refractivity contribution is 5.90. The van der Waals surface area contributed by atoms with E-state index < -0.39 is 17.9 Å². The van der Waals surface area contributed by atoms with E-state index in [9.17, 15) is 24.0 Å². The average Bonchev–Trinajstić information content (AvgIpc) is 2.98. The van der Waals surface area contributed by atoms with Gasteiger partial charge in [0.25, 0.3) is 6.47 Å². The van der Waals surface area contributed by atoms with Gasteiger partial charge in [-0.2, -0.15) is 0 Å². The molecule has 2 N–H and O–H groups in total. The fourth-order valence-electron chi connectivity index (χ4n) is 4.33. The summed E-state index contributed by atoms with van der Waals surface area (Å²) in [6.45, 7) is 13.2. The molecule has 1 atom stereocenters. The van der Waals surface area contributed by atoms with Crippen molar-refractivity contribution in [1.82, 2.24) is 4.90 Å².